The summed E-state index contributed by atoms with van der Waals surface area (Å²) in [6.07, 6.45) is 0. The maximum absolute atomic E-state index is 11.9. The Morgan fingerprint density at radius 3 is 2.28 bits per heavy atom. The molecular weight excluding hydrogens is 310 g/mol. The van der Waals surface area contributed by atoms with E-state index in [1.54, 1.807) is 6.92 Å². The highest BCUT2D eigenvalue weighted by Gasteiger charge is 2.17. The lowest BCUT2D eigenvalue weighted by Crippen LogP contribution is -2.24. The van der Waals surface area contributed by atoms with Crippen molar-refractivity contribution in [1.29, 1.82) is 0 Å². The highest BCUT2D eigenvalue weighted by atomic mass is 16.1. The van der Waals surface area contributed by atoms with Crippen LogP contribution in [0.4, 0.5) is 0 Å². The molecule has 1 N–H and O–H groups in total. The molecule has 0 spiro atoms. The number of amides is 1. The van der Waals surface area contributed by atoms with Crippen LogP contribution in [0.2, 0.25) is 0 Å². The Hall–Kier alpha value is -3.14. The number of rotatable bonds is 5. The molecule has 3 aromatic rings. The quantitative estimate of drug-likeness (QED) is 0.717. The van der Waals surface area contributed by atoms with Gasteiger partial charge in [0.25, 0.3) is 0 Å². The SMILES string of the molecule is C=C(C)C(=O)NCc1nc(-c2ccccc2)c(C)n1-c1ccccc1. The lowest BCUT2D eigenvalue weighted by molar-refractivity contribution is -0.117. The summed E-state index contributed by atoms with van der Waals surface area (Å²) in [7, 11) is 0. The number of carbonyl (C=O) groups excluding carboxylic acids is 1. The van der Waals surface area contributed by atoms with E-state index in [4.69, 9.17) is 4.98 Å². The third-order valence-electron chi connectivity index (χ3n) is 4.03. The van der Waals surface area contributed by atoms with Crippen molar-refractivity contribution in [2.24, 2.45) is 0 Å². The van der Waals surface area contributed by atoms with Crippen LogP contribution in [0.5, 0.6) is 0 Å². The maximum Gasteiger partial charge on any atom is 0.246 e. The largest absolute Gasteiger partial charge is 0.345 e. The van der Waals surface area contributed by atoms with Gasteiger partial charge in [-0.3, -0.25) is 9.36 Å². The number of hydrogen-bond acceptors (Lipinski definition) is 2. The maximum atomic E-state index is 11.9. The van der Waals surface area contributed by atoms with Gasteiger partial charge in [0.05, 0.1) is 12.2 Å². The lowest BCUT2D eigenvalue weighted by atomic mass is 10.1. The molecule has 0 aliphatic heterocycles. The van der Waals surface area contributed by atoms with Crippen molar-refractivity contribution in [3.8, 4) is 16.9 Å². The molecule has 2 aromatic carbocycles. The van der Waals surface area contributed by atoms with E-state index in [0.29, 0.717) is 12.1 Å². The van der Waals surface area contributed by atoms with E-state index in [2.05, 4.69) is 16.5 Å². The number of carbonyl (C=O) groups is 1. The molecule has 0 aliphatic rings. The minimum atomic E-state index is -0.165. The molecule has 4 nitrogen and oxygen atoms in total. The third kappa shape index (κ3) is 3.53. The predicted octanol–water partition coefficient (Wildman–Crippen LogP) is 4.04. The number of nitrogens with zero attached hydrogens (tertiary/aromatic N) is 2. The average Bonchev–Trinajstić information content (AvgIpc) is 2.97. The first-order valence-corrected chi connectivity index (χ1v) is 8.20. The summed E-state index contributed by atoms with van der Waals surface area (Å²) in [5.41, 5.74) is 4.52. The van der Waals surface area contributed by atoms with Crippen LogP contribution >= 0.6 is 0 Å². The molecule has 25 heavy (non-hydrogen) atoms. The first kappa shape index (κ1) is 16.7. The van der Waals surface area contributed by atoms with Crippen LogP contribution in [0.15, 0.2) is 72.8 Å². The van der Waals surface area contributed by atoms with E-state index in [1.165, 1.54) is 0 Å². The highest BCUT2D eigenvalue weighted by Crippen LogP contribution is 2.26. The van der Waals surface area contributed by atoms with Crippen LogP contribution in [-0.2, 0) is 11.3 Å². The molecule has 0 aliphatic carbocycles. The number of benzene rings is 2. The number of aromatic nitrogens is 2. The summed E-state index contributed by atoms with van der Waals surface area (Å²) in [4.78, 5) is 16.7. The van der Waals surface area contributed by atoms with Gasteiger partial charge in [0.1, 0.15) is 5.82 Å². The van der Waals surface area contributed by atoms with E-state index in [0.717, 1.165) is 28.5 Å². The average molecular weight is 331 g/mol. The van der Waals surface area contributed by atoms with Crippen molar-refractivity contribution in [2.75, 3.05) is 0 Å². The van der Waals surface area contributed by atoms with E-state index < -0.39 is 0 Å². The first-order chi connectivity index (χ1) is 12.1. The van der Waals surface area contributed by atoms with Crippen molar-refractivity contribution in [3.63, 3.8) is 0 Å². The zero-order valence-corrected chi connectivity index (χ0v) is 14.5. The van der Waals surface area contributed by atoms with Crippen molar-refractivity contribution in [3.05, 3.63) is 84.3 Å². The lowest BCUT2D eigenvalue weighted by Gasteiger charge is -2.11. The van der Waals surface area contributed by atoms with Crippen LogP contribution in [0, 0.1) is 6.92 Å². The Bertz CT molecular complexity index is 896. The van der Waals surface area contributed by atoms with Gasteiger partial charge in [0, 0.05) is 22.5 Å². The Morgan fingerprint density at radius 1 is 1.08 bits per heavy atom. The van der Waals surface area contributed by atoms with E-state index in [-0.39, 0.29) is 5.91 Å². The van der Waals surface area contributed by atoms with Crippen molar-refractivity contribution < 1.29 is 4.79 Å². The van der Waals surface area contributed by atoms with Crippen LogP contribution in [-0.4, -0.2) is 15.5 Å². The molecule has 1 heterocycles. The fraction of sp³-hybridized carbons (Fsp3) is 0.143. The summed E-state index contributed by atoms with van der Waals surface area (Å²) in [5, 5.41) is 2.88. The van der Waals surface area contributed by atoms with E-state index in [1.807, 2.05) is 67.6 Å². The first-order valence-electron chi connectivity index (χ1n) is 8.20. The summed E-state index contributed by atoms with van der Waals surface area (Å²) >= 11 is 0. The van der Waals surface area contributed by atoms with Crippen LogP contribution < -0.4 is 5.32 Å². The highest BCUT2D eigenvalue weighted by molar-refractivity contribution is 5.92. The van der Waals surface area contributed by atoms with Crippen molar-refractivity contribution in [1.82, 2.24) is 14.9 Å². The molecule has 1 aromatic heterocycles. The number of imidazole rings is 1. The standard InChI is InChI=1S/C21H21N3O/c1-15(2)21(25)22-14-19-23-20(17-10-6-4-7-11-17)16(3)24(19)18-12-8-5-9-13-18/h4-13H,1,14H2,2-3H3,(H,22,25). The van der Waals surface area contributed by atoms with Crippen molar-refractivity contribution >= 4 is 5.91 Å². The fourth-order valence-electron chi connectivity index (χ4n) is 2.78. The van der Waals surface area contributed by atoms with Crippen LogP contribution in [0.25, 0.3) is 16.9 Å². The van der Waals surface area contributed by atoms with Gasteiger partial charge in [-0.15, -0.1) is 0 Å². The van der Waals surface area contributed by atoms with E-state index in [9.17, 15) is 4.79 Å². The van der Waals surface area contributed by atoms with Gasteiger partial charge >= 0.3 is 0 Å². The van der Waals surface area contributed by atoms with Gasteiger partial charge in [-0.25, -0.2) is 4.98 Å². The van der Waals surface area contributed by atoms with Gasteiger partial charge in [0.2, 0.25) is 5.91 Å². The number of nitrogens with one attached hydrogen (secondary N) is 1. The second-order valence-electron chi connectivity index (χ2n) is 5.96. The summed E-state index contributed by atoms with van der Waals surface area (Å²) in [6.45, 7) is 7.76. The Morgan fingerprint density at radius 2 is 1.68 bits per heavy atom. The summed E-state index contributed by atoms with van der Waals surface area (Å²) < 4.78 is 2.08. The van der Waals surface area contributed by atoms with Crippen LogP contribution in [0.3, 0.4) is 0 Å². The molecule has 126 valence electrons. The molecule has 3 rings (SSSR count). The smallest absolute Gasteiger partial charge is 0.246 e. The second kappa shape index (κ2) is 7.18. The summed E-state index contributed by atoms with van der Waals surface area (Å²) in [5.74, 6) is 0.624. The molecule has 0 saturated heterocycles. The minimum absolute atomic E-state index is 0.165. The molecule has 1 amide bonds. The van der Waals surface area contributed by atoms with Gasteiger partial charge in [-0.2, -0.15) is 0 Å². The third-order valence-corrected chi connectivity index (χ3v) is 4.03. The minimum Gasteiger partial charge on any atom is -0.345 e. The normalized spacial score (nSPS) is 10.5. The number of para-hydroxylation sites is 1. The molecule has 0 unspecified atom stereocenters. The Kier molecular flexibility index (Phi) is 4.80. The second-order valence-corrected chi connectivity index (χ2v) is 5.96. The molecule has 0 fully saturated rings. The molecule has 4 heteroatoms. The van der Waals surface area contributed by atoms with Gasteiger partial charge in [0.15, 0.2) is 0 Å². The molecular formula is C21H21N3O. The Labute approximate surface area is 147 Å². The topological polar surface area (TPSA) is 46.9 Å². The van der Waals surface area contributed by atoms with E-state index >= 15 is 0 Å². The fourth-order valence-corrected chi connectivity index (χ4v) is 2.78. The zero-order chi connectivity index (χ0) is 17.8. The van der Waals surface area contributed by atoms with Gasteiger partial charge in [-0.05, 0) is 26.0 Å². The Balaban J connectivity index is 2.06. The molecule has 0 atom stereocenters. The van der Waals surface area contributed by atoms with Gasteiger partial charge in [-0.1, -0.05) is 55.1 Å². The number of hydrogen-bond donors (Lipinski definition) is 1. The molecule has 0 radical (unpaired) electrons. The zero-order valence-electron chi connectivity index (χ0n) is 14.5. The molecule has 0 bridgehead atoms. The predicted molar refractivity (Wildman–Crippen MR) is 100 cm³/mol. The van der Waals surface area contributed by atoms with Crippen molar-refractivity contribution in [2.45, 2.75) is 20.4 Å². The monoisotopic (exact) mass is 331 g/mol. The molecule has 0 saturated carbocycles. The van der Waals surface area contributed by atoms with Gasteiger partial charge < -0.3 is 5.32 Å². The van der Waals surface area contributed by atoms with Crippen LogP contribution in [0.1, 0.15) is 18.4 Å². The summed E-state index contributed by atoms with van der Waals surface area (Å²) in [6, 6.07) is 20.1.